The van der Waals surface area contributed by atoms with Crippen LogP contribution in [0.15, 0.2) is 39.5 Å². The summed E-state index contributed by atoms with van der Waals surface area (Å²) in [6, 6.07) is 7.97. The van der Waals surface area contributed by atoms with Gasteiger partial charge in [0.25, 0.3) is 0 Å². The van der Waals surface area contributed by atoms with Crippen molar-refractivity contribution < 1.29 is 14.3 Å². The molecule has 0 aliphatic heterocycles. The van der Waals surface area contributed by atoms with E-state index in [1.165, 1.54) is 6.07 Å². The Kier molecular flexibility index (Phi) is 2.25. The molecule has 4 nitrogen and oxygen atoms in total. The first kappa shape index (κ1) is 9.45. The van der Waals surface area contributed by atoms with Crippen LogP contribution in [0.5, 0.6) is 0 Å². The lowest BCUT2D eigenvalue weighted by Crippen LogP contribution is -2.06. The summed E-state index contributed by atoms with van der Waals surface area (Å²) in [5.41, 5.74) is 0.203. The van der Waals surface area contributed by atoms with E-state index < -0.39 is 5.97 Å². The van der Waals surface area contributed by atoms with Crippen LogP contribution in [-0.4, -0.2) is 11.1 Å². The monoisotopic (exact) mass is 204 g/mol. The summed E-state index contributed by atoms with van der Waals surface area (Å²) >= 11 is 0. The average molecular weight is 204 g/mol. The summed E-state index contributed by atoms with van der Waals surface area (Å²) < 4.78 is 5.27. The molecule has 0 aliphatic rings. The van der Waals surface area contributed by atoms with Crippen LogP contribution in [0.2, 0.25) is 0 Å². The summed E-state index contributed by atoms with van der Waals surface area (Å²) in [4.78, 5) is 22.0. The van der Waals surface area contributed by atoms with Gasteiger partial charge in [0.15, 0.2) is 5.43 Å². The third kappa shape index (κ3) is 1.88. The number of carbonyl (C=O) groups is 1. The van der Waals surface area contributed by atoms with E-state index >= 15 is 0 Å². The lowest BCUT2D eigenvalue weighted by atomic mass is 10.2. The van der Waals surface area contributed by atoms with Crippen LogP contribution in [0.4, 0.5) is 0 Å². The Balaban J connectivity index is 2.62. The molecule has 4 heteroatoms. The maximum atomic E-state index is 11.5. The molecular weight excluding hydrogens is 196 g/mol. The fourth-order valence-corrected chi connectivity index (χ4v) is 1.39. The van der Waals surface area contributed by atoms with Gasteiger partial charge in [-0.3, -0.25) is 9.59 Å². The topological polar surface area (TPSA) is 67.5 Å². The number of rotatable bonds is 2. The van der Waals surface area contributed by atoms with Gasteiger partial charge in [-0.25, -0.2) is 0 Å². The van der Waals surface area contributed by atoms with Crippen LogP contribution >= 0.6 is 0 Å². The maximum absolute atomic E-state index is 11.5. The van der Waals surface area contributed by atoms with Crippen molar-refractivity contribution in [1.29, 1.82) is 0 Å². The van der Waals surface area contributed by atoms with Gasteiger partial charge in [0.05, 0.1) is 5.39 Å². The number of carboxylic acid groups (broad SMARTS) is 1. The quantitative estimate of drug-likeness (QED) is 0.803. The van der Waals surface area contributed by atoms with E-state index in [0.29, 0.717) is 11.0 Å². The van der Waals surface area contributed by atoms with E-state index in [1.807, 2.05) is 0 Å². The molecule has 0 radical (unpaired) electrons. The predicted octanol–water partition coefficient (Wildman–Crippen LogP) is 1.42. The molecule has 1 heterocycles. The van der Waals surface area contributed by atoms with Crippen LogP contribution in [0.1, 0.15) is 5.76 Å². The Bertz CT molecular complexity index is 568. The first-order valence-corrected chi connectivity index (χ1v) is 4.40. The number of para-hydroxylation sites is 1. The first-order valence-electron chi connectivity index (χ1n) is 4.40. The largest absolute Gasteiger partial charge is 0.481 e. The zero-order valence-corrected chi connectivity index (χ0v) is 7.77. The molecule has 76 valence electrons. The van der Waals surface area contributed by atoms with E-state index in [-0.39, 0.29) is 17.6 Å². The first-order chi connectivity index (χ1) is 7.16. The summed E-state index contributed by atoms with van der Waals surface area (Å²) in [5, 5.41) is 9.03. The highest BCUT2D eigenvalue weighted by Gasteiger charge is 2.07. The van der Waals surface area contributed by atoms with Gasteiger partial charge in [0.1, 0.15) is 17.8 Å². The van der Waals surface area contributed by atoms with Crippen molar-refractivity contribution in [3.05, 3.63) is 46.3 Å². The lowest BCUT2D eigenvalue weighted by molar-refractivity contribution is -0.136. The van der Waals surface area contributed by atoms with Gasteiger partial charge in [-0.2, -0.15) is 0 Å². The molecule has 0 fully saturated rings. The van der Waals surface area contributed by atoms with Crippen molar-refractivity contribution >= 4 is 16.9 Å². The molecule has 0 spiro atoms. The van der Waals surface area contributed by atoms with E-state index in [9.17, 15) is 9.59 Å². The molecular formula is C11H8O4. The van der Waals surface area contributed by atoms with Gasteiger partial charge in [-0.1, -0.05) is 12.1 Å². The molecule has 2 aromatic rings. The van der Waals surface area contributed by atoms with Crippen molar-refractivity contribution in [1.82, 2.24) is 0 Å². The normalized spacial score (nSPS) is 10.4. The summed E-state index contributed by atoms with van der Waals surface area (Å²) in [5.74, 6) is -0.848. The highest BCUT2D eigenvalue weighted by atomic mass is 16.4. The molecule has 0 saturated carbocycles. The molecule has 0 atom stereocenters. The standard InChI is InChI=1S/C11H8O4/c12-9-5-7(6-11(13)14)15-10-4-2-1-3-8(9)10/h1-5H,6H2,(H,13,14). The van der Waals surface area contributed by atoms with Gasteiger partial charge in [0.2, 0.25) is 0 Å². The molecule has 1 aromatic carbocycles. The van der Waals surface area contributed by atoms with Crippen molar-refractivity contribution in [2.24, 2.45) is 0 Å². The average Bonchev–Trinajstić information content (AvgIpc) is 2.16. The number of hydrogen-bond donors (Lipinski definition) is 1. The minimum absolute atomic E-state index is 0.172. The van der Waals surface area contributed by atoms with Crippen LogP contribution in [0, 0.1) is 0 Å². The Hall–Kier alpha value is -2.10. The molecule has 1 aromatic heterocycles. The zero-order chi connectivity index (χ0) is 10.8. The Labute approximate surface area is 84.8 Å². The van der Waals surface area contributed by atoms with Crippen LogP contribution in [0.3, 0.4) is 0 Å². The van der Waals surface area contributed by atoms with Crippen molar-refractivity contribution in [3.8, 4) is 0 Å². The summed E-state index contributed by atoms with van der Waals surface area (Å²) in [6.07, 6.45) is -0.278. The van der Waals surface area contributed by atoms with Gasteiger partial charge < -0.3 is 9.52 Å². The van der Waals surface area contributed by atoms with Crippen LogP contribution in [0.25, 0.3) is 11.0 Å². The number of fused-ring (bicyclic) bond motifs is 1. The van der Waals surface area contributed by atoms with Crippen molar-refractivity contribution in [2.45, 2.75) is 6.42 Å². The smallest absolute Gasteiger partial charge is 0.311 e. The molecule has 1 N–H and O–H groups in total. The summed E-state index contributed by atoms with van der Waals surface area (Å²) in [6.45, 7) is 0. The van der Waals surface area contributed by atoms with Crippen molar-refractivity contribution in [2.75, 3.05) is 0 Å². The fraction of sp³-hybridized carbons (Fsp3) is 0.0909. The summed E-state index contributed by atoms with van der Waals surface area (Å²) in [7, 11) is 0. The molecule has 0 saturated heterocycles. The van der Waals surface area contributed by atoms with Crippen LogP contribution in [-0.2, 0) is 11.2 Å². The number of hydrogen-bond acceptors (Lipinski definition) is 3. The third-order valence-corrected chi connectivity index (χ3v) is 2.01. The second-order valence-electron chi connectivity index (χ2n) is 3.14. The van der Waals surface area contributed by atoms with Crippen LogP contribution < -0.4 is 5.43 Å². The Morgan fingerprint density at radius 2 is 2.07 bits per heavy atom. The lowest BCUT2D eigenvalue weighted by Gasteiger charge is -1.99. The highest BCUT2D eigenvalue weighted by molar-refractivity contribution is 5.77. The molecule has 0 unspecified atom stereocenters. The molecule has 0 amide bonds. The van der Waals surface area contributed by atoms with E-state index in [0.717, 1.165) is 0 Å². The van der Waals surface area contributed by atoms with Gasteiger partial charge in [0, 0.05) is 6.07 Å². The predicted molar refractivity (Wildman–Crippen MR) is 53.8 cm³/mol. The second-order valence-corrected chi connectivity index (χ2v) is 3.14. The van der Waals surface area contributed by atoms with Gasteiger partial charge >= 0.3 is 5.97 Å². The van der Waals surface area contributed by atoms with Gasteiger partial charge in [-0.05, 0) is 12.1 Å². The zero-order valence-electron chi connectivity index (χ0n) is 7.77. The van der Waals surface area contributed by atoms with E-state index in [4.69, 9.17) is 9.52 Å². The van der Waals surface area contributed by atoms with E-state index in [1.54, 1.807) is 24.3 Å². The van der Waals surface area contributed by atoms with Crippen molar-refractivity contribution in [3.63, 3.8) is 0 Å². The number of aliphatic carboxylic acids is 1. The number of carboxylic acids is 1. The third-order valence-electron chi connectivity index (χ3n) is 2.01. The SMILES string of the molecule is O=C(O)Cc1cc(=O)c2ccccc2o1. The molecule has 2 rings (SSSR count). The fourth-order valence-electron chi connectivity index (χ4n) is 1.39. The Morgan fingerprint density at radius 3 is 2.80 bits per heavy atom. The minimum atomic E-state index is -1.02. The molecule has 15 heavy (non-hydrogen) atoms. The number of benzene rings is 1. The molecule has 0 aliphatic carbocycles. The van der Waals surface area contributed by atoms with E-state index in [2.05, 4.69) is 0 Å². The Morgan fingerprint density at radius 1 is 1.33 bits per heavy atom. The highest BCUT2D eigenvalue weighted by Crippen LogP contribution is 2.11. The van der Waals surface area contributed by atoms with Gasteiger partial charge in [-0.15, -0.1) is 0 Å². The second kappa shape index (κ2) is 3.57. The maximum Gasteiger partial charge on any atom is 0.311 e. The molecule has 0 bridgehead atoms. The minimum Gasteiger partial charge on any atom is -0.481 e.